The highest BCUT2D eigenvalue weighted by molar-refractivity contribution is 5.90. The Balaban J connectivity index is 1.53. The number of methoxy groups -OCH3 is 1. The van der Waals surface area contributed by atoms with Crippen molar-refractivity contribution in [3.63, 3.8) is 0 Å². The van der Waals surface area contributed by atoms with E-state index >= 15 is 0 Å². The van der Waals surface area contributed by atoms with Gasteiger partial charge in [-0.25, -0.2) is 14.8 Å². The quantitative estimate of drug-likeness (QED) is 0.268. The van der Waals surface area contributed by atoms with E-state index in [-0.39, 0.29) is 11.7 Å². The van der Waals surface area contributed by atoms with E-state index in [1.54, 1.807) is 31.4 Å². The highest BCUT2D eigenvalue weighted by atomic mass is 17.1. The van der Waals surface area contributed by atoms with Crippen LogP contribution in [-0.4, -0.2) is 37.5 Å². The summed E-state index contributed by atoms with van der Waals surface area (Å²) >= 11 is 0. The van der Waals surface area contributed by atoms with Gasteiger partial charge in [-0.2, -0.15) is 0 Å². The van der Waals surface area contributed by atoms with Crippen LogP contribution >= 0.6 is 0 Å². The van der Waals surface area contributed by atoms with E-state index in [4.69, 9.17) is 19.5 Å². The molecule has 2 aromatic carbocycles. The minimum Gasteiger partial charge on any atom is -0.497 e. The fourth-order valence-corrected chi connectivity index (χ4v) is 2.43. The molecule has 0 bridgehead atoms. The van der Waals surface area contributed by atoms with Gasteiger partial charge in [0.2, 0.25) is 0 Å². The first-order valence-electron chi connectivity index (χ1n) is 9.04. The third-order valence-corrected chi connectivity index (χ3v) is 4.03. The SMILES string of the molecule is COc1ccc(C(=O)OCCCCCCOC(=O)c2ccc(OO)cc2)cc1. The molecule has 0 aliphatic rings. The smallest absolute Gasteiger partial charge is 0.338 e. The molecule has 0 aliphatic carbocycles. The fraction of sp³-hybridized carbons (Fsp3) is 0.333. The van der Waals surface area contributed by atoms with Gasteiger partial charge in [0.15, 0.2) is 5.75 Å². The highest BCUT2D eigenvalue weighted by Gasteiger charge is 2.08. The van der Waals surface area contributed by atoms with Gasteiger partial charge in [0.25, 0.3) is 0 Å². The van der Waals surface area contributed by atoms with Crippen molar-refractivity contribution < 1.29 is 33.9 Å². The van der Waals surface area contributed by atoms with E-state index in [1.807, 2.05) is 0 Å². The zero-order valence-corrected chi connectivity index (χ0v) is 15.8. The largest absolute Gasteiger partial charge is 0.497 e. The second-order valence-corrected chi connectivity index (χ2v) is 6.03. The van der Waals surface area contributed by atoms with Crippen molar-refractivity contribution >= 4 is 11.9 Å². The van der Waals surface area contributed by atoms with Crippen molar-refractivity contribution in [2.45, 2.75) is 25.7 Å². The van der Waals surface area contributed by atoms with Crippen LogP contribution in [0.5, 0.6) is 11.5 Å². The molecule has 0 unspecified atom stereocenters. The fourth-order valence-electron chi connectivity index (χ4n) is 2.43. The molecule has 7 heteroatoms. The number of hydrogen-bond acceptors (Lipinski definition) is 7. The first-order chi connectivity index (χ1) is 13.6. The van der Waals surface area contributed by atoms with E-state index in [0.29, 0.717) is 30.1 Å². The second-order valence-electron chi connectivity index (χ2n) is 6.03. The number of rotatable bonds is 11. The Morgan fingerprint density at radius 3 is 1.54 bits per heavy atom. The van der Waals surface area contributed by atoms with Gasteiger partial charge in [0.05, 0.1) is 31.5 Å². The molecule has 0 amide bonds. The molecular weight excluding hydrogens is 364 g/mol. The molecule has 0 atom stereocenters. The molecule has 0 radical (unpaired) electrons. The van der Waals surface area contributed by atoms with E-state index in [1.165, 1.54) is 24.3 Å². The minimum absolute atomic E-state index is 0.254. The molecule has 2 rings (SSSR count). The molecule has 28 heavy (non-hydrogen) atoms. The Labute approximate surface area is 163 Å². The lowest BCUT2D eigenvalue weighted by atomic mass is 10.2. The summed E-state index contributed by atoms with van der Waals surface area (Å²) in [6.07, 6.45) is 3.22. The Bertz CT molecular complexity index is 673. The van der Waals surface area contributed by atoms with Gasteiger partial charge in [0.1, 0.15) is 5.75 Å². The van der Waals surface area contributed by atoms with Crippen molar-refractivity contribution in [3.8, 4) is 11.5 Å². The van der Waals surface area contributed by atoms with Crippen molar-refractivity contribution in [1.82, 2.24) is 0 Å². The lowest BCUT2D eigenvalue weighted by molar-refractivity contribution is -0.137. The van der Waals surface area contributed by atoms with E-state index in [9.17, 15) is 9.59 Å². The normalized spacial score (nSPS) is 10.2. The number of esters is 2. The number of benzene rings is 2. The molecule has 0 aromatic heterocycles. The molecule has 0 heterocycles. The summed E-state index contributed by atoms with van der Waals surface area (Å²) < 4.78 is 15.5. The molecule has 0 saturated heterocycles. The van der Waals surface area contributed by atoms with Crippen LogP contribution in [0.15, 0.2) is 48.5 Å². The molecule has 2 aromatic rings. The lowest BCUT2D eigenvalue weighted by Crippen LogP contribution is -2.07. The van der Waals surface area contributed by atoms with Crippen LogP contribution in [0.2, 0.25) is 0 Å². The topological polar surface area (TPSA) is 91.3 Å². The van der Waals surface area contributed by atoms with Gasteiger partial charge < -0.3 is 19.1 Å². The zero-order chi connectivity index (χ0) is 20.2. The maximum Gasteiger partial charge on any atom is 0.338 e. The summed E-state index contributed by atoms with van der Waals surface area (Å²) in [5.41, 5.74) is 0.887. The van der Waals surface area contributed by atoms with Gasteiger partial charge >= 0.3 is 11.9 Å². The zero-order valence-electron chi connectivity index (χ0n) is 15.8. The van der Waals surface area contributed by atoms with Crippen LogP contribution in [0.1, 0.15) is 46.4 Å². The number of ether oxygens (including phenoxy) is 3. The number of hydrogen-bond donors (Lipinski definition) is 1. The van der Waals surface area contributed by atoms with E-state index < -0.39 is 5.97 Å². The maximum atomic E-state index is 11.9. The second kappa shape index (κ2) is 11.6. The molecule has 1 N–H and O–H groups in total. The number of carbonyl (C=O) groups is 2. The van der Waals surface area contributed by atoms with Gasteiger partial charge in [0, 0.05) is 0 Å². The van der Waals surface area contributed by atoms with Crippen LogP contribution in [0.3, 0.4) is 0 Å². The number of carbonyl (C=O) groups excluding carboxylic acids is 2. The molecule has 0 spiro atoms. The average Bonchev–Trinajstić information content (AvgIpc) is 2.75. The summed E-state index contributed by atoms with van der Waals surface area (Å²) in [6, 6.07) is 12.8. The Morgan fingerprint density at radius 2 is 1.14 bits per heavy atom. The van der Waals surface area contributed by atoms with Gasteiger partial charge in [-0.3, -0.25) is 0 Å². The lowest BCUT2D eigenvalue weighted by Gasteiger charge is -2.07. The van der Waals surface area contributed by atoms with Crippen LogP contribution in [-0.2, 0) is 9.47 Å². The van der Waals surface area contributed by atoms with Crippen LogP contribution in [0, 0.1) is 0 Å². The minimum atomic E-state index is -0.419. The van der Waals surface area contributed by atoms with Crippen LogP contribution in [0.4, 0.5) is 0 Å². The molecule has 0 fully saturated rings. The number of unbranched alkanes of at least 4 members (excludes halogenated alkanes) is 3. The predicted molar refractivity (Wildman–Crippen MR) is 102 cm³/mol. The molecular formula is C21H24O7. The van der Waals surface area contributed by atoms with Gasteiger partial charge in [-0.1, -0.05) is 0 Å². The predicted octanol–water partition coefficient (Wildman–Crippen LogP) is 4.12. The van der Waals surface area contributed by atoms with Crippen molar-refractivity contribution in [2.75, 3.05) is 20.3 Å². The Hall–Kier alpha value is -3.06. The summed E-state index contributed by atoms with van der Waals surface area (Å²) in [5.74, 6) is 0.171. The third kappa shape index (κ3) is 6.92. The third-order valence-electron chi connectivity index (χ3n) is 4.03. The Morgan fingerprint density at radius 1 is 0.714 bits per heavy atom. The van der Waals surface area contributed by atoms with Crippen molar-refractivity contribution in [2.24, 2.45) is 0 Å². The van der Waals surface area contributed by atoms with Crippen LogP contribution < -0.4 is 9.62 Å². The first-order valence-corrected chi connectivity index (χ1v) is 9.04. The van der Waals surface area contributed by atoms with Crippen molar-refractivity contribution in [3.05, 3.63) is 59.7 Å². The van der Waals surface area contributed by atoms with Gasteiger partial charge in [-0.05, 0) is 74.2 Å². The molecule has 0 saturated carbocycles. The average molecular weight is 388 g/mol. The standard InChI is InChI=1S/C21H24O7/c1-25-18-10-6-16(7-11-18)20(22)26-14-4-2-3-5-15-27-21(23)17-8-12-19(28-24)13-9-17/h6-13,24H,2-5,14-15H2,1H3. The maximum absolute atomic E-state index is 11.9. The summed E-state index contributed by atoms with van der Waals surface area (Å²) in [6.45, 7) is 0.673. The summed E-state index contributed by atoms with van der Waals surface area (Å²) in [7, 11) is 1.57. The molecule has 0 aliphatic heterocycles. The molecule has 150 valence electrons. The summed E-state index contributed by atoms with van der Waals surface area (Å²) in [4.78, 5) is 27.8. The first kappa shape index (κ1) is 21.2. The highest BCUT2D eigenvalue weighted by Crippen LogP contribution is 2.13. The van der Waals surface area contributed by atoms with E-state index in [0.717, 1.165) is 25.7 Å². The monoisotopic (exact) mass is 388 g/mol. The van der Waals surface area contributed by atoms with Crippen molar-refractivity contribution in [1.29, 1.82) is 0 Å². The summed E-state index contributed by atoms with van der Waals surface area (Å²) in [5, 5.41) is 8.49. The molecule has 7 nitrogen and oxygen atoms in total. The van der Waals surface area contributed by atoms with Crippen LogP contribution in [0.25, 0.3) is 0 Å². The Kier molecular flexibility index (Phi) is 8.81. The van der Waals surface area contributed by atoms with Gasteiger partial charge in [-0.15, -0.1) is 0 Å². The van der Waals surface area contributed by atoms with E-state index in [2.05, 4.69) is 4.89 Å².